The van der Waals surface area contributed by atoms with Gasteiger partial charge >= 0.3 is 35.8 Å². The van der Waals surface area contributed by atoms with E-state index in [0.29, 0.717) is 11.3 Å². The highest BCUT2D eigenvalue weighted by atomic mass is 16.6. The lowest BCUT2D eigenvalue weighted by molar-refractivity contribution is -0.176. The van der Waals surface area contributed by atoms with Crippen LogP contribution in [0, 0.1) is 17.3 Å². The molecule has 1 aromatic carbocycles. The van der Waals surface area contributed by atoms with Crippen molar-refractivity contribution < 1.29 is 57.2 Å². The third-order valence-electron chi connectivity index (χ3n) is 7.55. The van der Waals surface area contributed by atoms with Crippen molar-refractivity contribution in [2.24, 2.45) is 17.3 Å². The Labute approximate surface area is 234 Å². The van der Waals surface area contributed by atoms with Crippen molar-refractivity contribution in [1.82, 2.24) is 0 Å². The average Bonchev–Trinajstić information content (AvgIpc) is 3.34. The molecule has 0 radical (unpaired) electrons. The van der Waals surface area contributed by atoms with Gasteiger partial charge in [0.15, 0.2) is 0 Å². The number of rotatable bonds is 6. The fraction of sp³-hybridized carbons (Fsp3) is 0.357. The molecule has 0 fully saturated rings. The molecule has 1 aliphatic carbocycles. The Kier molecular flexibility index (Phi) is 7.73. The predicted octanol–water partition coefficient (Wildman–Crippen LogP) is 0.723. The topological polar surface area (TPSA) is 161 Å². The Hall–Kier alpha value is -4.94. The molecule has 0 bridgehead atoms. The molecule has 2 aliphatic heterocycles. The minimum Gasteiger partial charge on any atom is -0.469 e. The van der Waals surface area contributed by atoms with Crippen molar-refractivity contribution in [1.29, 1.82) is 0 Å². The van der Waals surface area contributed by atoms with Crippen LogP contribution in [0.5, 0.6) is 0 Å². The minimum absolute atomic E-state index is 0.0258. The molecule has 216 valence electrons. The first kappa shape index (κ1) is 29.1. The molecule has 0 N–H and O–H groups in total. The van der Waals surface area contributed by atoms with Gasteiger partial charge < -0.3 is 33.3 Å². The first-order valence-electron chi connectivity index (χ1n) is 12.2. The van der Waals surface area contributed by atoms with E-state index in [4.69, 9.17) is 28.4 Å². The molecule has 0 spiro atoms. The van der Waals surface area contributed by atoms with Crippen LogP contribution in [0.25, 0.3) is 6.08 Å². The Morgan fingerprint density at radius 1 is 0.707 bits per heavy atom. The summed E-state index contributed by atoms with van der Waals surface area (Å²) in [5.41, 5.74) is -2.95. The van der Waals surface area contributed by atoms with E-state index < -0.39 is 70.3 Å². The van der Waals surface area contributed by atoms with Gasteiger partial charge in [-0.3, -0.25) is 14.4 Å². The van der Waals surface area contributed by atoms with Crippen molar-refractivity contribution in [2.75, 3.05) is 47.6 Å². The molecule has 2 heterocycles. The number of esters is 6. The molecule has 13 nitrogen and oxygen atoms in total. The van der Waals surface area contributed by atoms with Gasteiger partial charge in [-0.25, -0.2) is 14.4 Å². The first-order chi connectivity index (χ1) is 19.6. The van der Waals surface area contributed by atoms with Gasteiger partial charge in [-0.1, -0.05) is 24.3 Å². The van der Waals surface area contributed by atoms with Crippen LogP contribution in [0.15, 0.2) is 52.8 Å². The maximum absolute atomic E-state index is 14.1. The van der Waals surface area contributed by atoms with E-state index in [9.17, 15) is 28.8 Å². The SMILES string of the molecule is COC(=O)C1=C(C(=O)OC)C(C(=O)OC)C2(C(=O)OC)C1=C1C=Cc3ccccc3N1C(C(=O)OC)C2C(=O)OC. The Morgan fingerprint density at radius 2 is 1.32 bits per heavy atom. The predicted molar refractivity (Wildman–Crippen MR) is 137 cm³/mol. The van der Waals surface area contributed by atoms with Gasteiger partial charge in [-0.05, 0) is 17.7 Å². The molecule has 1 aromatic rings. The molecule has 4 atom stereocenters. The number of nitrogens with zero attached hydrogens (tertiary/aromatic N) is 1. The lowest BCUT2D eigenvalue weighted by atomic mass is 9.58. The van der Waals surface area contributed by atoms with Gasteiger partial charge in [0.2, 0.25) is 0 Å². The van der Waals surface area contributed by atoms with Crippen molar-refractivity contribution in [3.05, 3.63) is 58.3 Å². The van der Waals surface area contributed by atoms with Gasteiger partial charge in [0.05, 0.1) is 53.8 Å². The number of hydrogen-bond acceptors (Lipinski definition) is 13. The molecule has 0 saturated carbocycles. The van der Waals surface area contributed by atoms with Crippen LogP contribution in [-0.4, -0.2) is 84.5 Å². The molecule has 4 rings (SSSR count). The van der Waals surface area contributed by atoms with Crippen LogP contribution in [0.4, 0.5) is 5.69 Å². The highest BCUT2D eigenvalue weighted by molar-refractivity contribution is 6.16. The van der Waals surface area contributed by atoms with E-state index in [2.05, 4.69) is 0 Å². The first-order valence-corrected chi connectivity index (χ1v) is 12.2. The number of ether oxygens (including phenoxy) is 6. The van der Waals surface area contributed by atoms with E-state index in [1.807, 2.05) is 0 Å². The van der Waals surface area contributed by atoms with Gasteiger partial charge in [-0.15, -0.1) is 0 Å². The van der Waals surface area contributed by atoms with Gasteiger partial charge in [-0.2, -0.15) is 0 Å². The summed E-state index contributed by atoms with van der Waals surface area (Å²) in [6, 6.07) is 5.14. The molecule has 41 heavy (non-hydrogen) atoms. The summed E-state index contributed by atoms with van der Waals surface area (Å²) in [7, 11) is 6.10. The van der Waals surface area contributed by atoms with Crippen LogP contribution in [0.2, 0.25) is 0 Å². The largest absolute Gasteiger partial charge is 0.469 e. The summed E-state index contributed by atoms with van der Waals surface area (Å²) in [5.74, 6) is -10.8. The second-order valence-corrected chi connectivity index (χ2v) is 9.08. The summed E-state index contributed by atoms with van der Waals surface area (Å²) >= 11 is 0. The van der Waals surface area contributed by atoms with Gasteiger partial charge in [0.1, 0.15) is 23.3 Å². The number of carbonyl (C=O) groups is 6. The van der Waals surface area contributed by atoms with E-state index in [1.165, 1.54) is 11.0 Å². The average molecular weight is 570 g/mol. The summed E-state index contributed by atoms with van der Waals surface area (Å²) in [6.07, 6.45) is 3.12. The lowest BCUT2D eigenvalue weighted by Gasteiger charge is -2.51. The number of carbonyl (C=O) groups excluding carboxylic acids is 6. The molecule has 0 aromatic heterocycles. The highest BCUT2D eigenvalue weighted by Crippen LogP contribution is 2.63. The zero-order chi connectivity index (χ0) is 30.2. The van der Waals surface area contributed by atoms with Crippen molar-refractivity contribution in [3.8, 4) is 0 Å². The van der Waals surface area contributed by atoms with Gasteiger partial charge in [0, 0.05) is 17.0 Å². The van der Waals surface area contributed by atoms with Crippen molar-refractivity contribution >= 4 is 47.6 Å². The van der Waals surface area contributed by atoms with E-state index in [1.54, 1.807) is 30.3 Å². The molecule has 0 saturated heterocycles. The molecular weight excluding hydrogens is 542 g/mol. The monoisotopic (exact) mass is 569 g/mol. The fourth-order valence-electron chi connectivity index (χ4n) is 6.05. The zero-order valence-corrected chi connectivity index (χ0v) is 23.0. The summed E-state index contributed by atoms with van der Waals surface area (Å²) in [6.45, 7) is 0. The van der Waals surface area contributed by atoms with E-state index in [0.717, 1.165) is 42.7 Å². The van der Waals surface area contributed by atoms with E-state index >= 15 is 0 Å². The van der Waals surface area contributed by atoms with Crippen LogP contribution < -0.4 is 4.90 Å². The molecule has 3 aliphatic rings. The third-order valence-corrected chi connectivity index (χ3v) is 7.55. The summed E-state index contributed by atoms with van der Waals surface area (Å²) < 4.78 is 30.3. The number of benzene rings is 1. The normalized spacial score (nSPS) is 24.0. The number of para-hydroxylation sites is 1. The minimum atomic E-state index is -2.55. The number of allylic oxidation sites excluding steroid dienone is 1. The van der Waals surface area contributed by atoms with Crippen molar-refractivity contribution in [3.63, 3.8) is 0 Å². The van der Waals surface area contributed by atoms with Crippen LogP contribution in [-0.2, 0) is 57.2 Å². The van der Waals surface area contributed by atoms with Crippen LogP contribution >= 0.6 is 0 Å². The molecule has 4 unspecified atom stereocenters. The Balaban J connectivity index is 2.35. The smallest absolute Gasteiger partial charge is 0.338 e. The zero-order valence-electron chi connectivity index (χ0n) is 23.0. The second kappa shape index (κ2) is 10.9. The third kappa shape index (κ3) is 3.90. The summed E-state index contributed by atoms with van der Waals surface area (Å²) in [5, 5.41) is 0. The Morgan fingerprint density at radius 3 is 1.88 bits per heavy atom. The van der Waals surface area contributed by atoms with E-state index in [-0.39, 0.29) is 11.3 Å². The maximum Gasteiger partial charge on any atom is 0.338 e. The Bertz CT molecular complexity index is 1450. The quantitative estimate of drug-likeness (QED) is 0.348. The molecular formula is C28H27NO12. The number of anilines is 1. The number of fused-ring (bicyclic) bond motifs is 4. The molecule has 13 heteroatoms. The van der Waals surface area contributed by atoms with Crippen LogP contribution in [0.1, 0.15) is 5.56 Å². The highest BCUT2D eigenvalue weighted by Gasteiger charge is 2.74. The number of methoxy groups -OCH3 is 6. The molecule has 0 amide bonds. The number of hydrogen-bond donors (Lipinski definition) is 0. The van der Waals surface area contributed by atoms with Crippen molar-refractivity contribution in [2.45, 2.75) is 6.04 Å². The van der Waals surface area contributed by atoms with Crippen LogP contribution in [0.3, 0.4) is 0 Å². The second-order valence-electron chi connectivity index (χ2n) is 9.08. The lowest BCUT2D eigenvalue weighted by Crippen LogP contribution is -2.65. The maximum atomic E-state index is 14.1. The fourth-order valence-corrected chi connectivity index (χ4v) is 6.05. The van der Waals surface area contributed by atoms with Gasteiger partial charge in [0.25, 0.3) is 0 Å². The standard InChI is InChI=1S/C28H27NO12/c1-36-22(30)16-17(23(31)37-2)19(24(32)38-3)28(27(35)41-6)18(16)15-12-11-13-9-7-8-10-14(13)29(15)21(26(34)40-5)20(28)25(33)39-4/h7-12,19-21H,1-6H3. The summed E-state index contributed by atoms with van der Waals surface area (Å²) in [4.78, 5) is 83.3.